The average Bonchev–Trinajstić information content (AvgIpc) is 2.83. The molecule has 3 nitrogen and oxygen atoms in total. The number of aromatic nitrogens is 2. The van der Waals surface area contributed by atoms with E-state index in [0.29, 0.717) is 12.4 Å². The zero-order valence-electron chi connectivity index (χ0n) is 12.4. The van der Waals surface area contributed by atoms with Crippen LogP contribution >= 0.6 is 0 Å². The molecule has 1 heterocycles. The predicted octanol–water partition coefficient (Wildman–Crippen LogP) is 3.80. The molecule has 0 bridgehead atoms. The summed E-state index contributed by atoms with van der Waals surface area (Å²) in [4.78, 5) is 0. The van der Waals surface area contributed by atoms with Crippen LogP contribution in [0.5, 0.6) is 0 Å². The third kappa shape index (κ3) is 2.82. The van der Waals surface area contributed by atoms with Crippen molar-refractivity contribution in [3.05, 3.63) is 71.3 Å². The van der Waals surface area contributed by atoms with Crippen LogP contribution in [0.2, 0.25) is 0 Å². The fourth-order valence-electron chi connectivity index (χ4n) is 2.42. The molecule has 0 fully saturated rings. The summed E-state index contributed by atoms with van der Waals surface area (Å²) in [5, 5.41) is 4.65. The lowest BCUT2D eigenvalue weighted by Crippen LogP contribution is -2.05. The first-order chi connectivity index (χ1) is 10.1. The van der Waals surface area contributed by atoms with E-state index in [-0.39, 0.29) is 0 Å². The number of aryl methyl sites for hydroxylation is 2. The third-order valence-corrected chi connectivity index (χ3v) is 3.69. The summed E-state index contributed by atoms with van der Waals surface area (Å²) >= 11 is 0. The van der Waals surface area contributed by atoms with Crippen molar-refractivity contribution in [3.8, 4) is 11.3 Å². The summed E-state index contributed by atoms with van der Waals surface area (Å²) < 4.78 is 1.85. The summed E-state index contributed by atoms with van der Waals surface area (Å²) in [5.41, 5.74) is 11.8. The Morgan fingerprint density at radius 2 is 1.71 bits per heavy atom. The van der Waals surface area contributed by atoms with Gasteiger partial charge in [-0.3, -0.25) is 0 Å². The molecular formula is C18H19N3. The number of nitrogens with two attached hydrogens (primary N) is 1. The Bertz CT molecular complexity index is 754. The molecule has 3 aromatic rings. The molecule has 2 aromatic carbocycles. The minimum atomic E-state index is 0.689. The first kappa shape index (κ1) is 13.4. The van der Waals surface area contributed by atoms with Crippen LogP contribution in [0.25, 0.3) is 11.3 Å². The van der Waals surface area contributed by atoms with Gasteiger partial charge in [0.2, 0.25) is 0 Å². The SMILES string of the molecule is Cc1ccc(Cn2nc(-c3ccccc3C)cc2N)cc1. The van der Waals surface area contributed by atoms with E-state index >= 15 is 0 Å². The van der Waals surface area contributed by atoms with E-state index in [0.717, 1.165) is 11.3 Å². The number of nitrogens with zero attached hydrogens (tertiary/aromatic N) is 2. The lowest BCUT2D eigenvalue weighted by molar-refractivity contribution is 0.699. The van der Waals surface area contributed by atoms with Crippen LogP contribution in [0.1, 0.15) is 16.7 Å². The first-order valence-electron chi connectivity index (χ1n) is 7.08. The van der Waals surface area contributed by atoms with Gasteiger partial charge in [-0.1, -0.05) is 54.1 Å². The van der Waals surface area contributed by atoms with E-state index in [1.807, 2.05) is 22.9 Å². The number of rotatable bonds is 3. The topological polar surface area (TPSA) is 43.8 Å². The molecule has 0 unspecified atom stereocenters. The fraction of sp³-hybridized carbons (Fsp3) is 0.167. The summed E-state index contributed by atoms with van der Waals surface area (Å²) in [5.74, 6) is 0.689. The fourth-order valence-corrected chi connectivity index (χ4v) is 2.42. The molecule has 3 rings (SSSR count). The number of benzene rings is 2. The Hall–Kier alpha value is -2.55. The number of hydrogen-bond acceptors (Lipinski definition) is 2. The maximum absolute atomic E-state index is 6.11. The second kappa shape index (κ2) is 5.44. The van der Waals surface area contributed by atoms with Crippen molar-refractivity contribution in [3.63, 3.8) is 0 Å². The lowest BCUT2D eigenvalue weighted by atomic mass is 10.1. The highest BCUT2D eigenvalue weighted by Crippen LogP contribution is 2.24. The number of hydrogen-bond donors (Lipinski definition) is 1. The molecule has 21 heavy (non-hydrogen) atoms. The monoisotopic (exact) mass is 277 g/mol. The highest BCUT2D eigenvalue weighted by Gasteiger charge is 2.09. The van der Waals surface area contributed by atoms with E-state index in [2.05, 4.69) is 55.3 Å². The van der Waals surface area contributed by atoms with Crippen LogP contribution in [-0.2, 0) is 6.54 Å². The van der Waals surface area contributed by atoms with Crippen molar-refractivity contribution in [2.24, 2.45) is 0 Å². The van der Waals surface area contributed by atoms with E-state index in [1.165, 1.54) is 16.7 Å². The van der Waals surface area contributed by atoms with Crippen molar-refractivity contribution in [2.45, 2.75) is 20.4 Å². The molecule has 1 aromatic heterocycles. The van der Waals surface area contributed by atoms with Crippen molar-refractivity contribution in [2.75, 3.05) is 5.73 Å². The van der Waals surface area contributed by atoms with Gasteiger partial charge in [-0.05, 0) is 25.0 Å². The van der Waals surface area contributed by atoms with Gasteiger partial charge in [-0.25, -0.2) is 4.68 Å². The number of anilines is 1. The van der Waals surface area contributed by atoms with Crippen LogP contribution in [0.15, 0.2) is 54.6 Å². The van der Waals surface area contributed by atoms with E-state index < -0.39 is 0 Å². The second-order valence-corrected chi connectivity index (χ2v) is 5.41. The molecule has 0 aliphatic rings. The molecule has 0 amide bonds. The van der Waals surface area contributed by atoms with Gasteiger partial charge in [0.15, 0.2) is 0 Å². The zero-order valence-corrected chi connectivity index (χ0v) is 12.4. The van der Waals surface area contributed by atoms with Gasteiger partial charge < -0.3 is 5.73 Å². The maximum Gasteiger partial charge on any atom is 0.122 e. The Kier molecular flexibility index (Phi) is 3.48. The zero-order chi connectivity index (χ0) is 14.8. The van der Waals surface area contributed by atoms with Gasteiger partial charge in [0.25, 0.3) is 0 Å². The number of nitrogen functional groups attached to an aromatic ring is 1. The molecule has 3 heteroatoms. The van der Waals surface area contributed by atoms with Gasteiger partial charge in [-0.2, -0.15) is 5.10 Å². The van der Waals surface area contributed by atoms with Gasteiger partial charge >= 0.3 is 0 Å². The second-order valence-electron chi connectivity index (χ2n) is 5.41. The molecule has 0 spiro atoms. The summed E-state index contributed by atoms with van der Waals surface area (Å²) in [6.07, 6.45) is 0. The van der Waals surface area contributed by atoms with Gasteiger partial charge in [0.1, 0.15) is 5.82 Å². The summed E-state index contributed by atoms with van der Waals surface area (Å²) in [6, 6.07) is 18.6. The highest BCUT2D eigenvalue weighted by atomic mass is 15.3. The highest BCUT2D eigenvalue weighted by molar-refractivity contribution is 5.65. The molecule has 0 radical (unpaired) electrons. The van der Waals surface area contributed by atoms with Crippen LogP contribution in [-0.4, -0.2) is 9.78 Å². The summed E-state index contributed by atoms with van der Waals surface area (Å²) in [7, 11) is 0. The molecule has 0 aliphatic carbocycles. The van der Waals surface area contributed by atoms with Crippen molar-refractivity contribution >= 4 is 5.82 Å². The molecular weight excluding hydrogens is 258 g/mol. The lowest BCUT2D eigenvalue weighted by Gasteiger charge is -2.05. The van der Waals surface area contributed by atoms with E-state index in [1.54, 1.807) is 0 Å². The van der Waals surface area contributed by atoms with Crippen molar-refractivity contribution in [1.82, 2.24) is 9.78 Å². The standard InChI is InChI=1S/C18H19N3/c1-13-7-9-15(10-8-13)12-21-18(19)11-17(20-21)16-6-4-3-5-14(16)2/h3-11H,12,19H2,1-2H3. The Labute approximate surface area is 125 Å². The van der Waals surface area contributed by atoms with Crippen LogP contribution in [0, 0.1) is 13.8 Å². The molecule has 0 aliphatic heterocycles. The Morgan fingerprint density at radius 3 is 2.43 bits per heavy atom. The van der Waals surface area contributed by atoms with Gasteiger partial charge in [0.05, 0.1) is 12.2 Å². The molecule has 106 valence electrons. The summed E-state index contributed by atoms with van der Waals surface area (Å²) in [6.45, 7) is 4.87. The minimum Gasteiger partial charge on any atom is -0.384 e. The largest absolute Gasteiger partial charge is 0.384 e. The smallest absolute Gasteiger partial charge is 0.122 e. The molecule has 0 saturated heterocycles. The molecule has 0 atom stereocenters. The van der Waals surface area contributed by atoms with Crippen molar-refractivity contribution in [1.29, 1.82) is 0 Å². The maximum atomic E-state index is 6.11. The Morgan fingerprint density at radius 1 is 1.00 bits per heavy atom. The van der Waals surface area contributed by atoms with E-state index in [4.69, 9.17) is 5.73 Å². The van der Waals surface area contributed by atoms with Gasteiger partial charge in [-0.15, -0.1) is 0 Å². The van der Waals surface area contributed by atoms with Gasteiger partial charge in [0, 0.05) is 11.6 Å². The normalized spacial score (nSPS) is 10.8. The Balaban J connectivity index is 1.91. The minimum absolute atomic E-state index is 0.689. The first-order valence-corrected chi connectivity index (χ1v) is 7.08. The molecule has 2 N–H and O–H groups in total. The third-order valence-electron chi connectivity index (χ3n) is 3.69. The van der Waals surface area contributed by atoms with Crippen LogP contribution < -0.4 is 5.73 Å². The van der Waals surface area contributed by atoms with Crippen molar-refractivity contribution < 1.29 is 0 Å². The predicted molar refractivity (Wildman–Crippen MR) is 87.1 cm³/mol. The van der Waals surface area contributed by atoms with Crippen LogP contribution in [0.3, 0.4) is 0 Å². The quantitative estimate of drug-likeness (QED) is 0.791. The van der Waals surface area contributed by atoms with Crippen LogP contribution in [0.4, 0.5) is 5.82 Å². The average molecular weight is 277 g/mol. The molecule has 0 saturated carbocycles. The van der Waals surface area contributed by atoms with E-state index in [9.17, 15) is 0 Å².